The Morgan fingerprint density at radius 1 is 0.683 bits per heavy atom. The lowest BCUT2D eigenvalue weighted by molar-refractivity contribution is -0.600. The predicted molar refractivity (Wildman–Crippen MR) is 158 cm³/mol. The Morgan fingerprint density at radius 2 is 1.20 bits per heavy atom. The van der Waals surface area contributed by atoms with Crippen molar-refractivity contribution in [3.05, 3.63) is 93.3 Å². The molecule has 41 heavy (non-hydrogen) atoms. The maximum Gasteiger partial charge on any atom is 0.347 e. The van der Waals surface area contributed by atoms with Crippen molar-refractivity contribution in [1.29, 1.82) is 0 Å². The van der Waals surface area contributed by atoms with Gasteiger partial charge in [0.25, 0.3) is 11.4 Å². The predicted octanol–water partition coefficient (Wildman–Crippen LogP) is 7.29. The van der Waals surface area contributed by atoms with Gasteiger partial charge in [-0.1, -0.05) is 101 Å². The highest BCUT2D eigenvalue weighted by molar-refractivity contribution is 7.85. The second-order valence-electron chi connectivity index (χ2n) is 9.84. The highest BCUT2D eigenvalue weighted by Crippen LogP contribution is 2.25. The molecule has 3 rings (SSSR count). The van der Waals surface area contributed by atoms with E-state index in [1.165, 1.54) is 63.5 Å². The zero-order valence-corrected chi connectivity index (χ0v) is 24.3. The molecule has 11 heteroatoms. The van der Waals surface area contributed by atoms with Crippen LogP contribution < -0.4 is 4.57 Å². The third-order valence-corrected chi connectivity index (χ3v) is 7.37. The average molecular weight is 586 g/mol. The summed E-state index contributed by atoms with van der Waals surface area (Å²) in [4.78, 5) is 20.8. The molecule has 1 heterocycles. The molecule has 222 valence electrons. The Labute approximate surface area is 242 Å². The van der Waals surface area contributed by atoms with Gasteiger partial charge in [0.15, 0.2) is 12.4 Å². The number of benzene rings is 2. The molecule has 0 aliphatic rings. The quantitative estimate of drug-likeness (QED) is 0.0563. The van der Waals surface area contributed by atoms with Crippen molar-refractivity contribution in [1.82, 2.24) is 0 Å². The van der Waals surface area contributed by atoms with Crippen LogP contribution >= 0.6 is 0 Å². The largest absolute Gasteiger partial charge is 0.748 e. The number of pyridine rings is 1. The lowest BCUT2D eigenvalue weighted by Gasteiger charge is -2.06. The smallest absolute Gasteiger partial charge is 0.347 e. The topological polar surface area (TPSA) is 147 Å². The molecule has 0 saturated carbocycles. The molecule has 1 aromatic heterocycles. The van der Waals surface area contributed by atoms with E-state index in [0.717, 1.165) is 30.0 Å². The van der Waals surface area contributed by atoms with E-state index >= 15 is 0 Å². The normalized spacial score (nSPS) is 11.0. The lowest BCUT2D eigenvalue weighted by Crippen LogP contribution is -2.30. The van der Waals surface area contributed by atoms with Crippen LogP contribution in [0.15, 0.2) is 73.1 Å². The fourth-order valence-electron chi connectivity index (χ4n) is 4.34. The van der Waals surface area contributed by atoms with Crippen LogP contribution in [0.3, 0.4) is 0 Å². The minimum Gasteiger partial charge on any atom is -0.748 e. The van der Waals surface area contributed by atoms with Crippen LogP contribution in [0.4, 0.5) is 11.4 Å². The maximum atomic E-state index is 11.2. The van der Waals surface area contributed by atoms with Crippen LogP contribution in [-0.2, 0) is 10.1 Å². The molecule has 0 amide bonds. The Morgan fingerprint density at radius 3 is 1.68 bits per heavy atom. The molecule has 0 aliphatic heterocycles. The van der Waals surface area contributed by atoms with Crippen LogP contribution in [0.25, 0.3) is 16.8 Å². The fourth-order valence-corrected chi connectivity index (χ4v) is 4.90. The first kappa shape index (κ1) is 33.5. The molecule has 3 aromatic rings. The average Bonchev–Trinajstić information content (AvgIpc) is 2.96. The fraction of sp³-hybridized carbons (Fsp3) is 0.433. The van der Waals surface area contributed by atoms with Gasteiger partial charge in [0.1, 0.15) is 6.07 Å². The summed E-state index contributed by atoms with van der Waals surface area (Å²) in [6.07, 6.45) is 16.2. The van der Waals surface area contributed by atoms with E-state index in [4.69, 9.17) is 0 Å². The summed E-state index contributed by atoms with van der Waals surface area (Å²) in [5.41, 5.74) is 1.64. The van der Waals surface area contributed by atoms with Gasteiger partial charge in [0, 0.05) is 30.0 Å². The van der Waals surface area contributed by atoms with E-state index in [-0.39, 0.29) is 22.8 Å². The second kappa shape index (κ2) is 17.9. The van der Waals surface area contributed by atoms with Gasteiger partial charge in [-0.25, -0.2) is 8.42 Å². The molecular weight excluding hydrogens is 546 g/mol. The molecule has 0 spiro atoms. The molecule has 0 aliphatic carbocycles. The summed E-state index contributed by atoms with van der Waals surface area (Å²) in [5, 5.41) is 22.0. The van der Waals surface area contributed by atoms with Gasteiger partial charge in [-0.15, -0.1) is 0 Å². The number of non-ortho nitro benzene ring substituents is 1. The van der Waals surface area contributed by atoms with Gasteiger partial charge in [-0.3, -0.25) is 20.2 Å². The molecule has 0 saturated heterocycles. The Balaban J connectivity index is 0.000000307. The van der Waals surface area contributed by atoms with Crippen molar-refractivity contribution in [2.45, 2.75) is 77.6 Å². The van der Waals surface area contributed by atoms with E-state index in [0.29, 0.717) is 6.42 Å². The van der Waals surface area contributed by atoms with Crippen LogP contribution in [0.2, 0.25) is 0 Å². The van der Waals surface area contributed by atoms with Gasteiger partial charge in [0.05, 0.1) is 20.0 Å². The number of aromatic nitrogens is 1. The van der Waals surface area contributed by atoms with Crippen LogP contribution in [0.1, 0.15) is 77.6 Å². The van der Waals surface area contributed by atoms with Gasteiger partial charge in [-0.05, 0) is 17.5 Å². The molecule has 0 bridgehead atoms. The zero-order valence-electron chi connectivity index (χ0n) is 23.5. The Bertz CT molecular complexity index is 1330. The molecule has 0 unspecified atom stereocenters. The number of rotatable bonds is 16. The second-order valence-corrected chi connectivity index (χ2v) is 11.4. The van der Waals surface area contributed by atoms with Gasteiger partial charge >= 0.3 is 5.69 Å². The van der Waals surface area contributed by atoms with Crippen molar-refractivity contribution in [3.8, 4) is 16.8 Å². The minimum absolute atomic E-state index is 0.190. The molecule has 0 atom stereocenters. The van der Waals surface area contributed by atoms with Crippen LogP contribution in [-0.4, -0.2) is 28.6 Å². The van der Waals surface area contributed by atoms with E-state index in [1.807, 2.05) is 42.5 Å². The summed E-state index contributed by atoms with van der Waals surface area (Å²) in [5.74, 6) is -0.190. The molecule has 10 nitrogen and oxygen atoms in total. The molecular formula is C30H39N3O7S. The monoisotopic (exact) mass is 585 g/mol. The van der Waals surface area contributed by atoms with E-state index in [1.54, 1.807) is 17.0 Å². The van der Waals surface area contributed by atoms with Crippen molar-refractivity contribution in [3.63, 3.8) is 0 Å². The molecule has 0 fully saturated rings. The van der Waals surface area contributed by atoms with E-state index < -0.39 is 20.0 Å². The molecule has 2 aromatic carbocycles. The number of unbranched alkanes of at least 4 members (excludes halogenated alkanes) is 10. The third kappa shape index (κ3) is 13.0. The van der Waals surface area contributed by atoms with Gasteiger partial charge in [0.2, 0.25) is 0 Å². The van der Waals surface area contributed by atoms with Crippen LogP contribution in [0, 0.1) is 20.2 Å². The SMILES string of the molecule is CCCCCCCCCCCCCS(=O)(=O)[O-].O=[N+]([O-])c1ccc(-[n+]2ccc(-c3ccccc3)cc2)c([N+](=O)[O-])c1. The van der Waals surface area contributed by atoms with Crippen LogP contribution in [0.5, 0.6) is 0 Å². The zero-order chi connectivity index (χ0) is 30.1. The summed E-state index contributed by atoms with van der Waals surface area (Å²) in [6, 6.07) is 17.0. The number of hydrogen-bond donors (Lipinski definition) is 0. The highest BCUT2D eigenvalue weighted by atomic mass is 32.2. The number of nitro groups is 2. The van der Waals surface area contributed by atoms with E-state index in [2.05, 4.69) is 6.92 Å². The van der Waals surface area contributed by atoms with Crippen molar-refractivity contribution >= 4 is 21.5 Å². The number of nitrogens with zero attached hydrogens (tertiary/aromatic N) is 3. The van der Waals surface area contributed by atoms with Crippen molar-refractivity contribution in [2.24, 2.45) is 0 Å². The number of hydrogen-bond acceptors (Lipinski definition) is 7. The summed E-state index contributed by atoms with van der Waals surface area (Å²) < 4.78 is 32.6. The molecule has 0 N–H and O–H groups in total. The first-order chi connectivity index (χ1) is 19.6. The standard InChI is InChI=1S/C17H12N3O4.C13H28O3S/c21-19(22)15-6-7-16(17(12-15)20(23)24)18-10-8-14(9-11-18)13-4-2-1-3-5-13;1-2-3-4-5-6-7-8-9-10-11-12-13-17(14,15)16/h1-12H;2-13H2,1H3,(H,14,15,16)/q+1;/p-1. The van der Waals surface area contributed by atoms with E-state index in [9.17, 15) is 33.2 Å². The van der Waals surface area contributed by atoms with Crippen molar-refractivity contribution < 1.29 is 27.4 Å². The minimum atomic E-state index is -3.98. The van der Waals surface area contributed by atoms with Gasteiger partial charge < -0.3 is 4.55 Å². The third-order valence-electron chi connectivity index (χ3n) is 6.58. The molecule has 0 radical (unpaired) electrons. The number of nitro benzene ring substituents is 2. The summed E-state index contributed by atoms with van der Waals surface area (Å²) >= 11 is 0. The lowest BCUT2D eigenvalue weighted by atomic mass is 10.1. The Kier molecular flexibility index (Phi) is 14.6. The maximum absolute atomic E-state index is 11.2. The summed E-state index contributed by atoms with van der Waals surface area (Å²) in [6.45, 7) is 2.22. The summed E-state index contributed by atoms with van der Waals surface area (Å²) in [7, 11) is -3.98. The van der Waals surface area contributed by atoms with Gasteiger partial charge in [-0.2, -0.15) is 4.57 Å². The van der Waals surface area contributed by atoms with Crippen molar-refractivity contribution in [2.75, 3.05) is 5.75 Å². The highest BCUT2D eigenvalue weighted by Gasteiger charge is 2.26. The first-order valence-corrected chi connectivity index (χ1v) is 15.6. The Hall–Kier alpha value is -3.70. The first-order valence-electron chi connectivity index (χ1n) is 14.1.